The Hall–Kier alpha value is -1.35. The Balaban J connectivity index is 2.15. The van der Waals surface area contributed by atoms with Crippen molar-refractivity contribution in [2.24, 2.45) is 5.73 Å². The molecule has 0 bridgehead atoms. The van der Waals surface area contributed by atoms with Crippen LogP contribution in [0.2, 0.25) is 0 Å². The van der Waals surface area contributed by atoms with Crippen molar-refractivity contribution in [1.82, 2.24) is 0 Å². The number of carboxylic acid groups (broad SMARTS) is 1. The lowest BCUT2D eigenvalue weighted by Crippen LogP contribution is -2.29. The van der Waals surface area contributed by atoms with Crippen LogP contribution in [0.3, 0.4) is 0 Å². The lowest BCUT2D eigenvalue weighted by Gasteiger charge is -2.22. The Morgan fingerprint density at radius 2 is 2.00 bits per heavy atom. The zero-order valence-electron chi connectivity index (χ0n) is 10.8. The van der Waals surface area contributed by atoms with E-state index >= 15 is 0 Å². The molecular weight excluding hydrogens is 226 g/mol. The Labute approximate surface area is 108 Å². The van der Waals surface area contributed by atoms with Gasteiger partial charge in [-0.1, -0.05) is 31.2 Å². The summed E-state index contributed by atoms with van der Waals surface area (Å²) in [6, 6.07) is 8.27. The van der Waals surface area contributed by atoms with Gasteiger partial charge in [0.2, 0.25) is 0 Å². The second-order valence-electron chi connectivity index (χ2n) is 5.22. The second-order valence-corrected chi connectivity index (χ2v) is 5.22. The maximum Gasteiger partial charge on any atom is 0.304 e. The molecule has 3 nitrogen and oxygen atoms in total. The summed E-state index contributed by atoms with van der Waals surface area (Å²) in [5.74, 6) is -0.132. The molecule has 1 aliphatic rings. The number of aliphatic carboxylic acids is 1. The van der Waals surface area contributed by atoms with Crippen LogP contribution in [-0.4, -0.2) is 17.1 Å². The first kappa shape index (κ1) is 13.1. The Morgan fingerprint density at radius 1 is 1.39 bits per heavy atom. The van der Waals surface area contributed by atoms with Gasteiger partial charge < -0.3 is 10.8 Å². The molecule has 18 heavy (non-hydrogen) atoms. The molecule has 1 fully saturated rings. The average Bonchev–Trinajstić information content (AvgIpc) is 3.19. The monoisotopic (exact) mass is 247 g/mol. The van der Waals surface area contributed by atoms with Gasteiger partial charge in [0.05, 0.1) is 6.42 Å². The minimum atomic E-state index is -0.782. The number of nitrogens with two attached hydrogens (primary N) is 1. The van der Waals surface area contributed by atoms with Crippen LogP contribution in [0, 0.1) is 0 Å². The lowest BCUT2D eigenvalue weighted by molar-refractivity contribution is -0.137. The van der Waals surface area contributed by atoms with Crippen LogP contribution in [-0.2, 0) is 4.79 Å². The molecule has 0 aliphatic heterocycles. The predicted octanol–water partition coefficient (Wildman–Crippen LogP) is 2.86. The van der Waals surface area contributed by atoms with E-state index in [1.807, 2.05) is 6.92 Å². The molecule has 3 heteroatoms. The van der Waals surface area contributed by atoms with Gasteiger partial charge in [-0.2, -0.15) is 0 Å². The minimum absolute atomic E-state index is 0.0826. The summed E-state index contributed by atoms with van der Waals surface area (Å²) in [6.45, 7) is 2.00. The SMILES string of the molecule is CCC(N)C(CC(=O)O)c1ccc(C2CC2)cc1. The number of hydrogen-bond acceptors (Lipinski definition) is 2. The number of rotatable bonds is 6. The first-order valence-corrected chi connectivity index (χ1v) is 6.69. The van der Waals surface area contributed by atoms with Crippen LogP contribution < -0.4 is 5.73 Å². The highest BCUT2D eigenvalue weighted by Gasteiger charge is 2.25. The molecule has 2 unspecified atom stereocenters. The van der Waals surface area contributed by atoms with Gasteiger partial charge in [-0.25, -0.2) is 0 Å². The van der Waals surface area contributed by atoms with Crippen LogP contribution in [0.5, 0.6) is 0 Å². The van der Waals surface area contributed by atoms with Gasteiger partial charge in [-0.15, -0.1) is 0 Å². The van der Waals surface area contributed by atoms with E-state index < -0.39 is 5.97 Å². The van der Waals surface area contributed by atoms with Crippen LogP contribution in [0.4, 0.5) is 0 Å². The fraction of sp³-hybridized carbons (Fsp3) is 0.533. The zero-order valence-corrected chi connectivity index (χ0v) is 10.8. The van der Waals surface area contributed by atoms with Gasteiger partial charge in [-0.3, -0.25) is 4.79 Å². The number of benzene rings is 1. The summed E-state index contributed by atoms with van der Waals surface area (Å²) in [5, 5.41) is 8.99. The summed E-state index contributed by atoms with van der Waals surface area (Å²) in [7, 11) is 0. The third-order valence-corrected chi connectivity index (χ3v) is 3.80. The van der Waals surface area contributed by atoms with E-state index in [1.165, 1.54) is 18.4 Å². The first-order chi connectivity index (χ1) is 8.61. The molecule has 1 aliphatic carbocycles. The van der Waals surface area contributed by atoms with Crippen LogP contribution in [0.1, 0.15) is 55.6 Å². The lowest BCUT2D eigenvalue weighted by atomic mass is 9.87. The van der Waals surface area contributed by atoms with Crippen molar-refractivity contribution in [2.75, 3.05) is 0 Å². The molecule has 0 amide bonds. The fourth-order valence-corrected chi connectivity index (χ4v) is 2.42. The highest BCUT2D eigenvalue weighted by molar-refractivity contribution is 5.68. The molecule has 98 valence electrons. The van der Waals surface area contributed by atoms with Crippen molar-refractivity contribution in [1.29, 1.82) is 0 Å². The molecule has 0 spiro atoms. The molecule has 0 radical (unpaired) electrons. The molecule has 3 N–H and O–H groups in total. The number of hydrogen-bond donors (Lipinski definition) is 2. The summed E-state index contributed by atoms with van der Waals surface area (Å²) in [5.41, 5.74) is 8.47. The smallest absolute Gasteiger partial charge is 0.304 e. The molecular formula is C15H21NO2. The van der Waals surface area contributed by atoms with Crippen molar-refractivity contribution in [3.05, 3.63) is 35.4 Å². The highest BCUT2D eigenvalue weighted by Crippen LogP contribution is 2.40. The molecule has 1 aromatic carbocycles. The van der Waals surface area contributed by atoms with E-state index in [0.717, 1.165) is 17.9 Å². The van der Waals surface area contributed by atoms with Crippen LogP contribution in [0.15, 0.2) is 24.3 Å². The average molecular weight is 247 g/mol. The van der Waals surface area contributed by atoms with Crippen molar-refractivity contribution in [2.45, 2.75) is 50.5 Å². The van der Waals surface area contributed by atoms with E-state index in [4.69, 9.17) is 10.8 Å². The standard InChI is InChI=1S/C15H21NO2/c1-2-14(16)13(9-15(17)18)12-7-5-11(6-8-12)10-3-4-10/h5-8,10,13-14H,2-4,9,16H2,1H3,(H,17,18). The zero-order chi connectivity index (χ0) is 13.1. The van der Waals surface area contributed by atoms with Gasteiger partial charge in [0.15, 0.2) is 0 Å². The van der Waals surface area contributed by atoms with Crippen molar-refractivity contribution < 1.29 is 9.90 Å². The van der Waals surface area contributed by atoms with E-state index in [-0.39, 0.29) is 18.4 Å². The van der Waals surface area contributed by atoms with E-state index in [9.17, 15) is 4.79 Å². The van der Waals surface area contributed by atoms with Crippen molar-refractivity contribution >= 4 is 5.97 Å². The minimum Gasteiger partial charge on any atom is -0.481 e. The van der Waals surface area contributed by atoms with Crippen molar-refractivity contribution in [3.8, 4) is 0 Å². The van der Waals surface area contributed by atoms with Gasteiger partial charge in [0, 0.05) is 12.0 Å². The van der Waals surface area contributed by atoms with E-state index in [2.05, 4.69) is 24.3 Å². The van der Waals surface area contributed by atoms with Crippen LogP contribution in [0.25, 0.3) is 0 Å². The molecule has 2 atom stereocenters. The fourth-order valence-electron chi connectivity index (χ4n) is 2.42. The van der Waals surface area contributed by atoms with Gasteiger partial charge >= 0.3 is 5.97 Å². The third-order valence-electron chi connectivity index (χ3n) is 3.80. The van der Waals surface area contributed by atoms with E-state index in [0.29, 0.717) is 0 Å². The first-order valence-electron chi connectivity index (χ1n) is 6.69. The van der Waals surface area contributed by atoms with Crippen molar-refractivity contribution in [3.63, 3.8) is 0 Å². The van der Waals surface area contributed by atoms with E-state index in [1.54, 1.807) is 0 Å². The maximum atomic E-state index is 10.9. The van der Waals surface area contributed by atoms with Gasteiger partial charge in [0.1, 0.15) is 0 Å². The molecule has 2 rings (SSSR count). The number of carbonyl (C=O) groups is 1. The Bertz CT molecular complexity index is 409. The molecule has 0 aromatic heterocycles. The molecule has 0 saturated heterocycles. The van der Waals surface area contributed by atoms with Gasteiger partial charge in [0.25, 0.3) is 0 Å². The molecule has 1 saturated carbocycles. The summed E-state index contributed by atoms with van der Waals surface area (Å²) in [4.78, 5) is 10.9. The highest BCUT2D eigenvalue weighted by atomic mass is 16.4. The van der Waals surface area contributed by atoms with Crippen LogP contribution >= 0.6 is 0 Å². The summed E-state index contributed by atoms with van der Waals surface area (Å²) in [6.07, 6.45) is 3.47. The largest absolute Gasteiger partial charge is 0.481 e. The summed E-state index contributed by atoms with van der Waals surface area (Å²) < 4.78 is 0. The molecule has 1 aromatic rings. The van der Waals surface area contributed by atoms with Gasteiger partial charge in [-0.05, 0) is 36.3 Å². The quantitative estimate of drug-likeness (QED) is 0.812. The Morgan fingerprint density at radius 3 is 2.44 bits per heavy atom. The predicted molar refractivity (Wildman–Crippen MR) is 71.7 cm³/mol. The summed E-state index contributed by atoms with van der Waals surface area (Å²) >= 11 is 0. The topological polar surface area (TPSA) is 63.3 Å². The molecule has 0 heterocycles. The Kier molecular flexibility index (Phi) is 4.02. The third kappa shape index (κ3) is 3.10. The number of carboxylic acids is 1. The second kappa shape index (κ2) is 5.53. The normalized spacial score (nSPS) is 18.3. The maximum absolute atomic E-state index is 10.9.